The van der Waals surface area contributed by atoms with Gasteiger partial charge >= 0.3 is 0 Å². The molecule has 0 aliphatic heterocycles. The van der Waals surface area contributed by atoms with E-state index in [-0.39, 0.29) is 71.9 Å². The van der Waals surface area contributed by atoms with Crippen molar-refractivity contribution in [3.05, 3.63) is 56.2 Å². The van der Waals surface area contributed by atoms with Crippen LogP contribution in [0.5, 0.6) is 0 Å². The maximum absolute atomic E-state index is 2.12. The van der Waals surface area contributed by atoms with Gasteiger partial charge in [0, 0.05) is 0 Å². The molecule has 3 aromatic heterocycles. The fourth-order valence-electron chi connectivity index (χ4n) is 2.07. The van der Waals surface area contributed by atoms with Crippen LogP contribution in [0.1, 0.15) is 20.8 Å². The molecule has 0 N–H and O–H groups in total. The summed E-state index contributed by atoms with van der Waals surface area (Å²) in [5, 5.41) is 0. The maximum atomic E-state index is 2.12. The van der Waals surface area contributed by atoms with Crippen molar-refractivity contribution in [1.29, 1.82) is 0 Å². The van der Waals surface area contributed by atoms with Gasteiger partial charge in [0.1, 0.15) is 37.2 Å². The summed E-state index contributed by atoms with van der Waals surface area (Å²) in [5.74, 6) is 0. The van der Waals surface area contributed by atoms with E-state index in [1.54, 1.807) is 0 Å². The minimum Gasteiger partial charge on any atom is -1.00 e. The first kappa shape index (κ1) is 31.5. The minimum absolute atomic E-state index is 0. The molecule has 0 radical (unpaired) electrons. The first-order valence-corrected chi connectivity index (χ1v) is 8.51. The Morgan fingerprint density at radius 1 is 0.519 bits per heavy atom. The van der Waals surface area contributed by atoms with E-state index in [0.29, 0.717) is 0 Å². The van der Waals surface area contributed by atoms with E-state index in [2.05, 4.69) is 72.0 Å². The van der Waals surface area contributed by atoms with Gasteiger partial charge in [0.2, 0.25) is 19.0 Å². The quantitative estimate of drug-likeness (QED) is 0.191. The Kier molecular flexibility index (Phi) is 20.9. The topological polar surface area (TPSA) is 26.4 Å². The number of rotatable bonds is 3. The van der Waals surface area contributed by atoms with Crippen LogP contribution >= 0.6 is 0 Å². The normalized spacial score (nSPS) is 8.67. The minimum atomic E-state index is 0. The van der Waals surface area contributed by atoms with Gasteiger partial charge in [-0.05, 0) is 20.8 Å². The Morgan fingerprint density at radius 2 is 0.741 bits per heavy atom. The highest BCUT2D eigenvalue weighted by Crippen LogP contribution is 1.80. The van der Waals surface area contributed by atoms with Gasteiger partial charge in [0.25, 0.3) is 0 Å². The molecular formula is C18H33I3N6. The predicted octanol–water partition coefficient (Wildman–Crippen LogP) is -7.99. The van der Waals surface area contributed by atoms with Crippen molar-refractivity contribution in [2.24, 2.45) is 21.1 Å². The predicted molar refractivity (Wildman–Crippen MR) is 93.8 cm³/mol. The zero-order chi connectivity index (χ0) is 17.9. The summed E-state index contributed by atoms with van der Waals surface area (Å²) in [4.78, 5) is 0. The SMILES string of the molecule is CCn1cc[n+](C)c1.CCn1cc[n+](C)c1.CCn1cc[n+](C)c1.[I-].[I-].[I-]. The molecule has 0 aliphatic carbocycles. The smallest absolute Gasteiger partial charge is 0.243 e. The van der Waals surface area contributed by atoms with Crippen LogP contribution in [0.15, 0.2) is 56.2 Å². The summed E-state index contributed by atoms with van der Waals surface area (Å²) in [6.07, 6.45) is 18.4. The monoisotopic (exact) mass is 714 g/mol. The molecule has 0 unspecified atom stereocenters. The van der Waals surface area contributed by atoms with E-state index in [4.69, 9.17) is 0 Å². The average Bonchev–Trinajstić information content (AvgIpc) is 3.30. The summed E-state index contributed by atoms with van der Waals surface area (Å²) >= 11 is 0. The lowest BCUT2D eigenvalue weighted by Gasteiger charge is -1.81. The fourth-order valence-corrected chi connectivity index (χ4v) is 2.07. The number of hydrogen-bond acceptors (Lipinski definition) is 0. The number of halogens is 3. The van der Waals surface area contributed by atoms with Crippen LogP contribution in [0.2, 0.25) is 0 Å². The molecule has 0 spiro atoms. The van der Waals surface area contributed by atoms with Crippen LogP contribution in [-0.4, -0.2) is 13.7 Å². The molecule has 9 heteroatoms. The molecule has 0 fully saturated rings. The number of nitrogens with zero attached hydrogens (tertiary/aromatic N) is 6. The zero-order valence-corrected chi connectivity index (χ0v) is 23.6. The highest BCUT2D eigenvalue weighted by atomic mass is 127. The highest BCUT2D eigenvalue weighted by molar-refractivity contribution is 4.64. The van der Waals surface area contributed by atoms with Crippen molar-refractivity contribution in [3.8, 4) is 0 Å². The van der Waals surface area contributed by atoms with Gasteiger partial charge < -0.3 is 71.9 Å². The Balaban J connectivity index is -0.000000303. The van der Waals surface area contributed by atoms with E-state index in [1.165, 1.54) is 0 Å². The van der Waals surface area contributed by atoms with Crippen molar-refractivity contribution < 1.29 is 85.6 Å². The second-order valence-corrected chi connectivity index (χ2v) is 5.73. The second kappa shape index (κ2) is 17.9. The summed E-state index contributed by atoms with van der Waals surface area (Å²) in [5.41, 5.74) is 0. The summed E-state index contributed by atoms with van der Waals surface area (Å²) in [6, 6.07) is 0. The van der Waals surface area contributed by atoms with Crippen molar-refractivity contribution in [2.45, 2.75) is 40.4 Å². The summed E-state index contributed by atoms with van der Waals surface area (Å²) in [6.45, 7) is 9.54. The third kappa shape index (κ3) is 13.6. The zero-order valence-electron chi connectivity index (χ0n) is 17.1. The molecule has 6 nitrogen and oxygen atoms in total. The summed E-state index contributed by atoms with van der Waals surface area (Å²) in [7, 11) is 6.06. The van der Waals surface area contributed by atoms with Crippen LogP contribution < -0.4 is 85.6 Å². The third-order valence-electron chi connectivity index (χ3n) is 3.57. The molecule has 0 saturated heterocycles. The lowest BCUT2D eigenvalue weighted by Crippen LogP contribution is -3.00. The molecule has 0 atom stereocenters. The lowest BCUT2D eigenvalue weighted by atomic mass is 10.7. The lowest BCUT2D eigenvalue weighted by molar-refractivity contribution is -0.671. The Morgan fingerprint density at radius 3 is 0.815 bits per heavy atom. The largest absolute Gasteiger partial charge is 1.00 e. The molecule has 0 aromatic carbocycles. The van der Waals surface area contributed by atoms with Gasteiger partial charge in [-0.3, -0.25) is 0 Å². The van der Waals surface area contributed by atoms with Crippen LogP contribution in [-0.2, 0) is 40.8 Å². The highest BCUT2D eigenvalue weighted by Gasteiger charge is 1.93. The Labute approximate surface area is 215 Å². The van der Waals surface area contributed by atoms with Gasteiger partial charge in [-0.25, -0.2) is 27.4 Å². The van der Waals surface area contributed by atoms with Gasteiger partial charge in [-0.15, -0.1) is 0 Å². The number of hydrogen-bond donors (Lipinski definition) is 0. The van der Waals surface area contributed by atoms with Gasteiger partial charge in [-0.2, -0.15) is 0 Å². The van der Waals surface area contributed by atoms with Crippen LogP contribution in [0, 0.1) is 0 Å². The Hall–Kier alpha value is -0.180. The fraction of sp³-hybridized carbons (Fsp3) is 0.500. The second-order valence-electron chi connectivity index (χ2n) is 5.73. The molecule has 0 saturated carbocycles. The molecular weight excluding hydrogens is 681 g/mol. The number of aryl methyl sites for hydroxylation is 6. The van der Waals surface area contributed by atoms with Crippen molar-refractivity contribution >= 4 is 0 Å². The standard InChI is InChI=1S/3C6H11N2.3HI/c3*1-3-8-5-4-7(2)6-8;;;/h3*4-6H,3H2,1-2H3;3*1H/q3*+1;;;/p-3. The van der Waals surface area contributed by atoms with E-state index in [0.717, 1.165) is 19.6 Å². The summed E-state index contributed by atoms with van der Waals surface area (Å²) < 4.78 is 12.5. The molecule has 0 bridgehead atoms. The van der Waals surface area contributed by atoms with Gasteiger partial charge in [0.15, 0.2) is 0 Å². The maximum Gasteiger partial charge on any atom is 0.243 e. The van der Waals surface area contributed by atoms with E-state index in [1.807, 2.05) is 53.4 Å². The number of aromatic nitrogens is 6. The van der Waals surface area contributed by atoms with Crippen LogP contribution in [0.25, 0.3) is 0 Å². The van der Waals surface area contributed by atoms with E-state index >= 15 is 0 Å². The van der Waals surface area contributed by atoms with Crippen molar-refractivity contribution in [2.75, 3.05) is 0 Å². The molecule has 156 valence electrons. The van der Waals surface area contributed by atoms with Crippen molar-refractivity contribution in [1.82, 2.24) is 13.7 Å². The number of imidazole rings is 3. The van der Waals surface area contributed by atoms with Crippen LogP contribution in [0.4, 0.5) is 0 Å². The van der Waals surface area contributed by atoms with E-state index in [9.17, 15) is 0 Å². The molecule has 3 rings (SSSR count). The molecule has 0 aliphatic rings. The average molecular weight is 714 g/mol. The molecule has 0 amide bonds. The first-order valence-electron chi connectivity index (χ1n) is 8.51. The first-order chi connectivity index (χ1) is 11.5. The molecule has 3 heterocycles. The van der Waals surface area contributed by atoms with Crippen LogP contribution in [0.3, 0.4) is 0 Å². The van der Waals surface area contributed by atoms with Gasteiger partial charge in [0.05, 0.1) is 40.8 Å². The molecule has 3 aromatic rings. The molecule has 27 heavy (non-hydrogen) atoms. The third-order valence-corrected chi connectivity index (χ3v) is 3.57. The van der Waals surface area contributed by atoms with Crippen molar-refractivity contribution in [3.63, 3.8) is 0 Å². The van der Waals surface area contributed by atoms with Gasteiger partial charge in [-0.1, -0.05) is 0 Å². The van der Waals surface area contributed by atoms with E-state index < -0.39 is 0 Å². The Bertz CT molecular complexity index is 610.